The number of carbonyl (C=O) groups is 1. The van der Waals surface area contributed by atoms with E-state index in [9.17, 15) is 4.79 Å². The van der Waals surface area contributed by atoms with Crippen LogP contribution in [0, 0.1) is 5.41 Å². The molecule has 0 aromatic carbocycles. The molecule has 0 saturated carbocycles. The van der Waals surface area contributed by atoms with E-state index in [1.54, 1.807) is 0 Å². The molecule has 1 saturated heterocycles. The third-order valence-electron chi connectivity index (χ3n) is 2.88. The molecule has 0 bridgehead atoms. The van der Waals surface area contributed by atoms with E-state index in [4.69, 9.17) is 5.11 Å². The monoisotopic (exact) mass is 200 g/mol. The predicted molar refractivity (Wildman–Crippen MR) is 55.4 cm³/mol. The van der Waals surface area contributed by atoms with E-state index in [2.05, 4.69) is 38.0 Å². The maximum atomic E-state index is 10.5. The van der Waals surface area contributed by atoms with Crippen molar-refractivity contribution in [2.45, 2.75) is 39.3 Å². The quantitative estimate of drug-likeness (QED) is 0.672. The smallest absolute Gasteiger partial charge is 0.404 e. The Labute approximate surface area is 85.3 Å². The van der Waals surface area contributed by atoms with Crippen molar-refractivity contribution in [1.82, 2.24) is 10.2 Å². The lowest BCUT2D eigenvalue weighted by molar-refractivity contribution is 0.169. The molecular formula is C10H20N2O2. The highest BCUT2D eigenvalue weighted by molar-refractivity contribution is 5.64. The van der Waals surface area contributed by atoms with Crippen molar-refractivity contribution in [3.05, 3.63) is 0 Å². The average Bonchev–Trinajstić information content (AvgIpc) is 2.27. The van der Waals surface area contributed by atoms with Crippen molar-refractivity contribution in [3.8, 4) is 0 Å². The van der Waals surface area contributed by atoms with Crippen LogP contribution in [-0.2, 0) is 0 Å². The highest BCUT2D eigenvalue weighted by atomic mass is 16.4. The zero-order valence-corrected chi connectivity index (χ0v) is 9.37. The molecule has 4 nitrogen and oxygen atoms in total. The van der Waals surface area contributed by atoms with Crippen LogP contribution in [-0.4, -0.2) is 41.8 Å². The van der Waals surface area contributed by atoms with Gasteiger partial charge in [0.15, 0.2) is 0 Å². The summed E-state index contributed by atoms with van der Waals surface area (Å²) in [4.78, 5) is 12.7. The molecule has 1 amide bonds. The molecule has 0 radical (unpaired) electrons. The van der Waals surface area contributed by atoms with Crippen LogP contribution < -0.4 is 5.32 Å². The van der Waals surface area contributed by atoms with Gasteiger partial charge in [-0.15, -0.1) is 0 Å². The first-order valence-electron chi connectivity index (χ1n) is 5.00. The van der Waals surface area contributed by atoms with Gasteiger partial charge in [0, 0.05) is 18.6 Å². The fourth-order valence-electron chi connectivity index (χ4n) is 2.29. The van der Waals surface area contributed by atoms with Gasteiger partial charge in [0.05, 0.1) is 0 Å². The fraction of sp³-hybridized carbons (Fsp3) is 0.900. The van der Waals surface area contributed by atoms with E-state index in [-0.39, 0.29) is 11.5 Å². The van der Waals surface area contributed by atoms with Crippen molar-refractivity contribution in [2.75, 3.05) is 13.6 Å². The second-order valence-corrected chi connectivity index (χ2v) is 5.20. The largest absolute Gasteiger partial charge is 0.465 e. The van der Waals surface area contributed by atoms with Gasteiger partial charge in [0.2, 0.25) is 0 Å². The molecule has 4 heteroatoms. The Morgan fingerprint density at radius 2 is 2.07 bits per heavy atom. The lowest BCUT2D eigenvalue weighted by atomic mass is 9.85. The van der Waals surface area contributed by atoms with Crippen molar-refractivity contribution >= 4 is 6.09 Å². The SMILES string of the molecule is CN1CC(NC(=O)O)CC1C(C)(C)C. The van der Waals surface area contributed by atoms with Gasteiger partial charge in [-0.3, -0.25) is 0 Å². The molecule has 1 fully saturated rings. The number of rotatable bonds is 1. The molecule has 2 N–H and O–H groups in total. The summed E-state index contributed by atoms with van der Waals surface area (Å²) >= 11 is 0. The summed E-state index contributed by atoms with van der Waals surface area (Å²) in [7, 11) is 2.06. The predicted octanol–water partition coefficient (Wildman–Crippen LogP) is 1.37. The summed E-state index contributed by atoms with van der Waals surface area (Å²) in [6.45, 7) is 7.39. The second kappa shape index (κ2) is 3.77. The van der Waals surface area contributed by atoms with Crippen LogP contribution in [0.4, 0.5) is 4.79 Å². The first-order chi connectivity index (χ1) is 6.30. The molecule has 2 unspecified atom stereocenters. The molecule has 1 heterocycles. The van der Waals surface area contributed by atoms with E-state index in [1.165, 1.54) is 0 Å². The third kappa shape index (κ3) is 2.61. The molecule has 1 aliphatic heterocycles. The number of likely N-dealkylation sites (tertiary alicyclic amines) is 1. The van der Waals surface area contributed by atoms with E-state index in [1.807, 2.05) is 0 Å². The molecule has 0 spiro atoms. The third-order valence-corrected chi connectivity index (χ3v) is 2.88. The Kier molecular flexibility index (Phi) is 3.04. The molecule has 0 aliphatic carbocycles. The van der Waals surface area contributed by atoms with Gasteiger partial charge in [0.1, 0.15) is 0 Å². The summed E-state index contributed by atoms with van der Waals surface area (Å²) in [6.07, 6.45) is -0.00953. The van der Waals surface area contributed by atoms with Crippen LogP contribution >= 0.6 is 0 Å². The van der Waals surface area contributed by atoms with Crippen molar-refractivity contribution in [2.24, 2.45) is 5.41 Å². The van der Waals surface area contributed by atoms with Gasteiger partial charge in [-0.25, -0.2) is 4.79 Å². The first-order valence-corrected chi connectivity index (χ1v) is 5.00. The van der Waals surface area contributed by atoms with Crippen molar-refractivity contribution < 1.29 is 9.90 Å². The first kappa shape index (κ1) is 11.3. The normalized spacial score (nSPS) is 29.1. The molecule has 0 aromatic heterocycles. The molecular weight excluding hydrogens is 180 g/mol. The Bertz CT molecular complexity index is 223. The Morgan fingerprint density at radius 3 is 2.43 bits per heavy atom. The molecule has 0 aromatic rings. The maximum Gasteiger partial charge on any atom is 0.404 e. The summed E-state index contributed by atoms with van der Waals surface area (Å²) in [5, 5.41) is 11.2. The van der Waals surface area contributed by atoms with E-state index in [0.29, 0.717) is 6.04 Å². The highest BCUT2D eigenvalue weighted by Crippen LogP contribution is 2.31. The number of carboxylic acid groups (broad SMARTS) is 1. The summed E-state index contributed by atoms with van der Waals surface area (Å²) in [5.41, 5.74) is 0.212. The number of nitrogens with zero attached hydrogens (tertiary/aromatic N) is 1. The minimum absolute atomic E-state index is 0.0849. The van der Waals surface area contributed by atoms with Crippen LogP contribution in [0.3, 0.4) is 0 Å². The number of hydrogen-bond acceptors (Lipinski definition) is 2. The average molecular weight is 200 g/mol. The molecule has 14 heavy (non-hydrogen) atoms. The van der Waals surface area contributed by atoms with Crippen LogP contribution in [0.15, 0.2) is 0 Å². The maximum absolute atomic E-state index is 10.5. The van der Waals surface area contributed by atoms with E-state index >= 15 is 0 Å². The van der Waals surface area contributed by atoms with Gasteiger partial charge in [-0.2, -0.15) is 0 Å². The zero-order valence-electron chi connectivity index (χ0n) is 9.37. The van der Waals surface area contributed by atoms with Crippen LogP contribution in [0.2, 0.25) is 0 Å². The van der Waals surface area contributed by atoms with Gasteiger partial charge in [-0.05, 0) is 18.9 Å². The Balaban J connectivity index is 2.56. The Hall–Kier alpha value is -0.770. The van der Waals surface area contributed by atoms with Gasteiger partial charge >= 0.3 is 6.09 Å². The number of hydrogen-bond donors (Lipinski definition) is 2. The van der Waals surface area contributed by atoms with E-state index in [0.717, 1.165) is 13.0 Å². The highest BCUT2D eigenvalue weighted by Gasteiger charge is 2.37. The van der Waals surface area contributed by atoms with Crippen molar-refractivity contribution in [3.63, 3.8) is 0 Å². The number of nitrogens with one attached hydrogen (secondary N) is 1. The number of amides is 1. The lowest BCUT2D eigenvalue weighted by Gasteiger charge is -2.32. The summed E-state index contributed by atoms with van der Waals surface area (Å²) < 4.78 is 0. The van der Waals surface area contributed by atoms with Crippen LogP contribution in [0.5, 0.6) is 0 Å². The van der Waals surface area contributed by atoms with E-state index < -0.39 is 6.09 Å². The fourth-order valence-corrected chi connectivity index (χ4v) is 2.29. The molecule has 2 atom stereocenters. The standard InChI is InChI=1S/C10H20N2O2/c1-10(2,3)8-5-7(6-12(8)4)11-9(13)14/h7-8,11H,5-6H2,1-4H3,(H,13,14). The zero-order chi connectivity index (χ0) is 10.9. The number of likely N-dealkylation sites (N-methyl/N-ethyl adjacent to an activating group) is 1. The summed E-state index contributed by atoms with van der Waals surface area (Å²) in [5.74, 6) is 0. The van der Waals surface area contributed by atoms with Gasteiger partial charge < -0.3 is 15.3 Å². The van der Waals surface area contributed by atoms with Crippen LogP contribution in [0.25, 0.3) is 0 Å². The summed E-state index contributed by atoms with van der Waals surface area (Å²) in [6, 6.07) is 0.543. The second-order valence-electron chi connectivity index (χ2n) is 5.20. The van der Waals surface area contributed by atoms with Crippen molar-refractivity contribution in [1.29, 1.82) is 0 Å². The Morgan fingerprint density at radius 1 is 1.50 bits per heavy atom. The van der Waals surface area contributed by atoms with Gasteiger partial charge in [-0.1, -0.05) is 20.8 Å². The topological polar surface area (TPSA) is 52.6 Å². The lowest BCUT2D eigenvalue weighted by Crippen LogP contribution is -2.36. The molecule has 82 valence electrons. The minimum Gasteiger partial charge on any atom is -0.465 e. The van der Waals surface area contributed by atoms with Gasteiger partial charge in [0.25, 0.3) is 0 Å². The van der Waals surface area contributed by atoms with Crippen LogP contribution in [0.1, 0.15) is 27.2 Å². The molecule has 1 aliphatic rings. The molecule has 1 rings (SSSR count). The minimum atomic E-state index is -0.919.